The lowest BCUT2D eigenvalue weighted by molar-refractivity contribution is -0.123. The number of sulfonamides is 1. The highest BCUT2D eigenvalue weighted by atomic mass is 32.2. The van der Waals surface area contributed by atoms with E-state index in [1.165, 1.54) is 16.6 Å². The Morgan fingerprint density at radius 1 is 1.29 bits per heavy atom. The maximum absolute atomic E-state index is 12.9. The number of pyridine rings is 1. The fourth-order valence-corrected chi connectivity index (χ4v) is 6.49. The molecule has 3 atom stereocenters. The van der Waals surface area contributed by atoms with Crippen molar-refractivity contribution in [2.45, 2.75) is 43.7 Å². The molecule has 7 nitrogen and oxygen atoms in total. The number of carbonyl (C=O) groups is 1. The summed E-state index contributed by atoms with van der Waals surface area (Å²) in [5, 5.41) is 3.37. The lowest BCUT2D eigenvalue weighted by atomic mass is 9.76. The zero-order valence-corrected chi connectivity index (χ0v) is 17.5. The molecule has 1 aromatic rings. The van der Waals surface area contributed by atoms with E-state index in [1.54, 1.807) is 12.1 Å². The summed E-state index contributed by atoms with van der Waals surface area (Å²) in [7, 11) is -3.57. The Kier molecular flexibility index (Phi) is 5.22. The number of hydrogen-bond donors (Lipinski definition) is 1. The third-order valence-corrected chi connectivity index (χ3v) is 8.75. The molecule has 4 heterocycles. The average molecular weight is 407 g/mol. The van der Waals surface area contributed by atoms with Crippen molar-refractivity contribution in [1.29, 1.82) is 0 Å². The predicted octanol–water partition coefficient (Wildman–Crippen LogP) is 1.33. The lowest BCUT2D eigenvalue weighted by Crippen LogP contribution is -2.56. The fourth-order valence-electron chi connectivity index (χ4n) is 5.11. The SMILES string of the molecule is CCC(C)CN1C[C@H]2C(=O)NC3(CCN(S(=O)(=O)c4ccccn4)CC3)[C@H]2C1. The normalized spacial score (nSPS) is 29.0. The van der Waals surface area contributed by atoms with Gasteiger partial charge in [0.15, 0.2) is 5.03 Å². The summed E-state index contributed by atoms with van der Waals surface area (Å²) in [6.45, 7) is 8.10. The molecule has 0 radical (unpaired) electrons. The van der Waals surface area contributed by atoms with E-state index < -0.39 is 10.0 Å². The van der Waals surface area contributed by atoms with Crippen molar-refractivity contribution in [3.63, 3.8) is 0 Å². The van der Waals surface area contributed by atoms with Crippen LogP contribution in [0.1, 0.15) is 33.1 Å². The molecule has 1 spiro atoms. The second-order valence-electron chi connectivity index (χ2n) is 8.66. The summed E-state index contributed by atoms with van der Waals surface area (Å²) >= 11 is 0. The quantitative estimate of drug-likeness (QED) is 0.798. The summed E-state index contributed by atoms with van der Waals surface area (Å²) in [5.74, 6) is 1.10. The van der Waals surface area contributed by atoms with Crippen LogP contribution in [0.2, 0.25) is 0 Å². The van der Waals surface area contributed by atoms with Crippen LogP contribution >= 0.6 is 0 Å². The van der Waals surface area contributed by atoms with Gasteiger partial charge in [0.05, 0.1) is 5.92 Å². The van der Waals surface area contributed by atoms with E-state index in [9.17, 15) is 13.2 Å². The van der Waals surface area contributed by atoms with Gasteiger partial charge >= 0.3 is 0 Å². The van der Waals surface area contributed by atoms with Gasteiger partial charge in [0.25, 0.3) is 10.0 Å². The van der Waals surface area contributed by atoms with Crippen LogP contribution in [0, 0.1) is 17.8 Å². The molecular weight excluding hydrogens is 376 g/mol. The Morgan fingerprint density at radius 3 is 2.68 bits per heavy atom. The highest BCUT2D eigenvalue weighted by molar-refractivity contribution is 7.89. The predicted molar refractivity (Wildman–Crippen MR) is 106 cm³/mol. The monoisotopic (exact) mass is 406 g/mol. The third-order valence-electron chi connectivity index (χ3n) is 6.94. The smallest absolute Gasteiger partial charge is 0.260 e. The van der Waals surface area contributed by atoms with Crippen LogP contribution in [-0.2, 0) is 14.8 Å². The van der Waals surface area contributed by atoms with Crippen LogP contribution in [-0.4, -0.2) is 66.8 Å². The van der Waals surface area contributed by atoms with E-state index >= 15 is 0 Å². The summed E-state index contributed by atoms with van der Waals surface area (Å²) < 4.78 is 27.2. The zero-order chi connectivity index (χ0) is 19.9. The van der Waals surface area contributed by atoms with Gasteiger partial charge in [0, 0.05) is 50.4 Å². The maximum atomic E-state index is 12.9. The number of amides is 1. The van der Waals surface area contributed by atoms with Crippen LogP contribution in [0.4, 0.5) is 0 Å². The summed E-state index contributed by atoms with van der Waals surface area (Å²) in [5.41, 5.74) is -0.262. The van der Waals surface area contributed by atoms with Gasteiger partial charge in [-0.05, 0) is 30.9 Å². The molecule has 3 fully saturated rings. The van der Waals surface area contributed by atoms with Crippen molar-refractivity contribution in [2.75, 3.05) is 32.7 Å². The molecule has 0 aromatic carbocycles. The molecule has 0 aliphatic carbocycles. The first-order chi connectivity index (χ1) is 13.4. The minimum absolute atomic E-state index is 0.0444. The van der Waals surface area contributed by atoms with Gasteiger partial charge in [-0.2, -0.15) is 4.31 Å². The fraction of sp³-hybridized carbons (Fsp3) is 0.700. The van der Waals surface area contributed by atoms with E-state index in [0.717, 1.165) is 26.1 Å². The number of likely N-dealkylation sites (tertiary alicyclic amines) is 1. The molecule has 4 rings (SSSR count). The highest BCUT2D eigenvalue weighted by Gasteiger charge is 2.57. The number of fused-ring (bicyclic) bond motifs is 2. The summed E-state index contributed by atoms with van der Waals surface area (Å²) in [6, 6.07) is 4.94. The standard InChI is InChI=1S/C20H30N4O3S/c1-3-15(2)12-23-13-16-17(14-23)20(22-19(16)25)7-10-24(11-8-20)28(26,27)18-6-4-5-9-21-18/h4-6,9,15-17H,3,7-8,10-14H2,1-2H3,(H,22,25)/t15?,16-,17+/m1/s1. The number of rotatable bonds is 5. The number of carbonyl (C=O) groups excluding carboxylic acids is 1. The van der Waals surface area contributed by atoms with E-state index in [4.69, 9.17) is 0 Å². The second-order valence-corrected chi connectivity index (χ2v) is 10.5. The molecule has 0 bridgehead atoms. The molecule has 1 amide bonds. The van der Waals surface area contributed by atoms with Crippen LogP contribution in [0.5, 0.6) is 0 Å². The van der Waals surface area contributed by atoms with Crippen LogP contribution < -0.4 is 5.32 Å². The van der Waals surface area contributed by atoms with E-state index in [0.29, 0.717) is 31.8 Å². The van der Waals surface area contributed by atoms with Gasteiger partial charge in [-0.1, -0.05) is 26.3 Å². The van der Waals surface area contributed by atoms with E-state index in [1.807, 2.05) is 0 Å². The Bertz CT molecular complexity index is 821. The van der Waals surface area contributed by atoms with Gasteiger partial charge < -0.3 is 10.2 Å². The molecule has 154 valence electrons. The Labute approximate surface area is 167 Å². The molecule has 3 aliphatic heterocycles. The topological polar surface area (TPSA) is 82.6 Å². The third kappa shape index (κ3) is 3.35. The van der Waals surface area contributed by atoms with Crippen molar-refractivity contribution in [1.82, 2.24) is 19.5 Å². The lowest BCUT2D eigenvalue weighted by Gasteiger charge is -2.42. The van der Waals surface area contributed by atoms with Crippen LogP contribution in [0.25, 0.3) is 0 Å². The molecule has 3 aliphatic rings. The van der Waals surface area contributed by atoms with E-state index in [2.05, 4.69) is 29.0 Å². The molecule has 1 aromatic heterocycles. The first-order valence-corrected chi connectivity index (χ1v) is 11.8. The molecule has 0 saturated carbocycles. The van der Waals surface area contributed by atoms with Crippen molar-refractivity contribution >= 4 is 15.9 Å². The largest absolute Gasteiger partial charge is 0.350 e. The van der Waals surface area contributed by atoms with Crippen molar-refractivity contribution in [3.05, 3.63) is 24.4 Å². The van der Waals surface area contributed by atoms with Gasteiger partial charge in [0.2, 0.25) is 5.91 Å². The Morgan fingerprint density at radius 2 is 2.04 bits per heavy atom. The molecule has 28 heavy (non-hydrogen) atoms. The van der Waals surface area contributed by atoms with E-state index in [-0.39, 0.29) is 28.3 Å². The minimum atomic E-state index is -3.57. The van der Waals surface area contributed by atoms with Crippen molar-refractivity contribution in [2.24, 2.45) is 17.8 Å². The second kappa shape index (κ2) is 7.39. The highest BCUT2D eigenvalue weighted by Crippen LogP contribution is 2.44. The Hall–Kier alpha value is -1.51. The molecular formula is C20H30N4O3S. The number of nitrogens with zero attached hydrogens (tertiary/aromatic N) is 3. The first-order valence-electron chi connectivity index (χ1n) is 10.3. The Balaban J connectivity index is 1.46. The number of piperidine rings is 1. The number of aromatic nitrogens is 1. The van der Waals surface area contributed by atoms with Crippen molar-refractivity contribution in [3.8, 4) is 0 Å². The van der Waals surface area contributed by atoms with Gasteiger partial charge in [0.1, 0.15) is 0 Å². The van der Waals surface area contributed by atoms with Gasteiger partial charge in [-0.15, -0.1) is 0 Å². The first kappa shape index (κ1) is 19.8. The van der Waals surface area contributed by atoms with Gasteiger partial charge in [-0.25, -0.2) is 13.4 Å². The minimum Gasteiger partial charge on any atom is -0.350 e. The molecule has 3 saturated heterocycles. The number of hydrogen-bond acceptors (Lipinski definition) is 5. The maximum Gasteiger partial charge on any atom is 0.260 e. The zero-order valence-electron chi connectivity index (χ0n) is 16.7. The van der Waals surface area contributed by atoms with Gasteiger partial charge in [-0.3, -0.25) is 4.79 Å². The average Bonchev–Trinajstić information content (AvgIpc) is 3.22. The number of nitrogens with one attached hydrogen (secondary N) is 1. The summed E-state index contributed by atoms with van der Waals surface area (Å²) in [6.07, 6.45) is 3.99. The molecule has 1 N–H and O–H groups in total. The molecule has 8 heteroatoms. The summed E-state index contributed by atoms with van der Waals surface area (Å²) in [4.78, 5) is 19.1. The molecule has 1 unspecified atom stereocenters. The van der Waals surface area contributed by atoms with Crippen LogP contribution in [0.15, 0.2) is 29.4 Å². The van der Waals surface area contributed by atoms with Crippen LogP contribution in [0.3, 0.4) is 0 Å². The van der Waals surface area contributed by atoms with Crippen molar-refractivity contribution < 1.29 is 13.2 Å².